The average Bonchev–Trinajstić information content (AvgIpc) is 2.93. The Morgan fingerprint density at radius 2 is 1.67 bits per heavy atom. The van der Waals surface area contributed by atoms with Crippen LogP contribution in [0.5, 0.6) is 0 Å². The Kier molecular flexibility index (Phi) is 9.76. The van der Waals surface area contributed by atoms with Crippen LogP contribution in [0.4, 0.5) is 10.5 Å². The van der Waals surface area contributed by atoms with Gasteiger partial charge in [0.15, 0.2) is 0 Å². The molecule has 1 unspecified atom stereocenters. The summed E-state index contributed by atoms with van der Waals surface area (Å²) >= 11 is 0. The van der Waals surface area contributed by atoms with Crippen molar-refractivity contribution in [2.24, 2.45) is 0 Å². The molecule has 3 amide bonds. The lowest BCUT2D eigenvalue weighted by molar-refractivity contribution is 0.0947. The fraction of sp³-hybridized carbons (Fsp3) is 0.517. The van der Waals surface area contributed by atoms with Gasteiger partial charge in [0.25, 0.3) is 5.91 Å². The second-order valence-corrected chi connectivity index (χ2v) is 10.00. The van der Waals surface area contributed by atoms with E-state index in [1.807, 2.05) is 53.4 Å². The van der Waals surface area contributed by atoms with Crippen molar-refractivity contribution in [2.45, 2.75) is 38.5 Å². The van der Waals surface area contributed by atoms with Crippen LogP contribution >= 0.6 is 0 Å². The zero-order valence-corrected chi connectivity index (χ0v) is 21.6. The Balaban J connectivity index is 1.22. The fourth-order valence-electron chi connectivity index (χ4n) is 5.25. The third-order valence-electron chi connectivity index (χ3n) is 7.30. The van der Waals surface area contributed by atoms with Crippen molar-refractivity contribution < 1.29 is 9.59 Å². The largest absolute Gasteiger partial charge is 0.352 e. The maximum atomic E-state index is 12.8. The molecule has 0 saturated carbocycles. The summed E-state index contributed by atoms with van der Waals surface area (Å²) < 4.78 is 0. The number of urea groups is 1. The first-order chi connectivity index (χ1) is 17.6. The highest BCUT2D eigenvalue weighted by molar-refractivity contribution is 5.94. The molecule has 2 aromatic carbocycles. The zero-order valence-electron chi connectivity index (χ0n) is 21.6. The Labute approximate surface area is 215 Å². The number of carbonyl (C=O) groups excluding carboxylic acids is 2. The molecule has 0 bridgehead atoms. The van der Waals surface area contributed by atoms with Gasteiger partial charge in [-0.25, -0.2) is 4.79 Å². The van der Waals surface area contributed by atoms with Gasteiger partial charge in [0.1, 0.15) is 0 Å². The SMILES string of the molecule is CCCN1CCN(CCCNC(=O)c2cccc(C3CCCN(C(=O)Nc4ccccc4)C3)c2)CC1. The van der Waals surface area contributed by atoms with Gasteiger partial charge in [-0.1, -0.05) is 37.3 Å². The second-order valence-electron chi connectivity index (χ2n) is 10.00. The number of piperidine rings is 1. The van der Waals surface area contributed by atoms with Crippen molar-refractivity contribution in [3.63, 3.8) is 0 Å². The lowest BCUT2D eigenvalue weighted by Gasteiger charge is -2.34. The van der Waals surface area contributed by atoms with E-state index in [1.54, 1.807) is 0 Å². The van der Waals surface area contributed by atoms with Gasteiger partial charge in [-0.3, -0.25) is 4.79 Å². The first-order valence-electron chi connectivity index (χ1n) is 13.6. The second kappa shape index (κ2) is 13.4. The lowest BCUT2D eigenvalue weighted by atomic mass is 9.89. The molecule has 0 radical (unpaired) electrons. The first kappa shape index (κ1) is 26.2. The normalized spacial score (nSPS) is 19.1. The van der Waals surface area contributed by atoms with Crippen LogP contribution in [0.3, 0.4) is 0 Å². The number of likely N-dealkylation sites (tertiary alicyclic amines) is 1. The summed E-state index contributed by atoms with van der Waals surface area (Å²) in [7, 11) is 0. The van der Waals surface area contributed by atoms with Gasteiger partial charge in [0, 0.05) is 63.0 Å². The highest BCUT2D eigenvalue weighted by Gasteiger charge is 2.25. The van der Waals surface area contributed by atoms with Gasteiger partial charge >= 0.3 is 6.03 Å². The van der Waals surface area contributed by atoms with Crippen molar-refractivity contribution in [1.29, 1.82) is 0 Å². The van der Waals surface area contributed by atoms with Crippen LogP contribution in [-0.2, 0) is 0 Å². The van der Waals surface area contributed by atoms with Gasteiger partial charge in [-0.15, -0.1) is 0 Å². The number of benzene rings is 2. The van der Waals surface area contributed by atoms with Crippen molar-refractivity contribution in [3.8, 4) is 0 Å². The Morgan fingerprint density at radius 3 is 2.42 bits per heavy atom. The molecular formula is C29H41N5O2. The van der Waals surface area contributed by atoms with E-state index in [9.17, 15) is 9.59 Å². The van der Waals surface area contributed by atoms with Crippen LogP contribution in [0, 0.1) is 0 Å². The minimum atomic E-state index is -0.0634. The number of anilines is 1. The van der Waals surface area contributed by atoms with E-state index in [2.05, 4.69) is 33.4 Å². The topological polar surface area (TPSA) is 67.9 Å². The smallest absolute Gasteiger partial charge is 0.321 e. The minimum Gasteiger partial charge on any atom is -0.352 e. The number of piperazine rings is 1. The van der Waals surface area contributed by atoms with E-state index >= 15 is 0 Å². The fourth-order valence-corrected chi connectivity index (χ4v) is 5.25. The molecule has 2 heterocycles. The molecule has 194 valence electrons. The molecule has 36 heavy (non-hydrogen) atoms. The van der Waals surface area contributed by atoms with E-state index in [4.69, 9.17) is 0 Å². The van der Waals surface area contributed by atoms with Crippen molar-refractivity contribution in [2.75, 3.05) is 64.2 Å². The summed E-state index contributed by atoms with van der Waals surface area (Å²) in [4.78, 5) is 32.5. The molecule has 2 saturated heterocycles. The lowest BCUT2D eigenvalue weighted by Crippen LogP contribution is -2.47. The van der Waals surface area contributed by atoms with E-state index < -0.39 is 0 Å². The summed E-state index contributed by atoms with van der Waals surface area (Å²) in [5, 5.41) is 6.09. The van der Waals surface area contributed by atoms with Gasteiger partial charge in [-0.05, 0) is 68.6 Å². The van der Waals surface area contributed by atoms with Crippen LogP contribution in [0.15, 0.2) is 54.6 Å². The summed E-state index contributed by atoms with van der Waals surface area (Å²) in [5.41, 5.74) is 2.64. The van der Waals surface area contributed by atoms with Crippen molar-refractivity contribution in [3.05, 3.63) is 65.7 Å². The number of carbonyl (C=O) groups is 2. The molecule has 4 rings (SSSR count). The number of nitrogens with one attached hydrogen (secondary N) is 2. The van der Waals surface area contributed by atoms with Crippen LogP contribution in [0.1, 0.15) is 54.4 Å². The Morgan fingerprint density at radius 1 is 0.917 bits per heavy atom. The first-order valence-corrected chi connectivity index (χ1v) is 13.6. The van der Waals surface area contributed by atoms with E-state index in [-0.39, 0.29) is 17.9 Å². The molecule has 2 fully saturated rings. The third kappa shape index (κ3) is 7.55. The molecule has 1 atom stereocenters. The Hall–Kier alpha value is -2.90. The summed E-state index contributed by atoms with van der Waals surface area (Å²) in [5.74, 6) is 0.221. The molecule has 2 aromatic rings. The molecule has 0 spiro atoms. The number of hydrogen-bond donors (Lipinski definition) is 2. The molecule has 0 aromatic heterocycles. The van der Waals surface area contributed by atoms with E-state index in [1.165, 1.54) is 13.0 Å². The van der Waals surface area contributed by atoms with Crippen LogP contribution in [-0.4, -0.2) is 85.5 Å². The summed E-state index contributed by atoms with van der Waals surface area (Å²) in [6.07, 6.45) is 4.16. The predicted molar refractivity (Wildman–Crippen MR) is 146 cm³/mol. The van der Waals surface area contributed by atoms with Crippen LogP contribution < -0.4 is 10.6 Å². The summed E-state index contributed by atoms with van der Waals surface area (Å²) in [6, 6.07) is 17.4. The van der Waals surface area contributed by atoms with E-state index in [0.29, 0.717) is 18.7 Å². The maximum Gasteiger partial charge on any atom is 0.321 e. The quantitative estimate of drug-likeness (QED) is 0.515. The van der Waals surface area contributed by atoms with Gasteiger partial charge in [-0.2, -0.15) is 0 Å². The number of amides is 3. The standard InChI is InChI=1S/C29H41N5O2/c1-2-15-32-18-20-33(21-19-32)16-8-14-30-28(35)25-10-6-9-24(22-25)26-11-7-17-34(23-26)29(36)31-27-12-4-3-5-13-27/h3-6,9-10,12-13,22,26H,2,7-8,11,14-21,23H2,1H3,(H,30,35)(H,31,36). The van der Waals surface area contributed by atoms with Crippen molar-refractivity contribution >= 4 is 17.6 Å². The molecule has 7 nitrogen and oxygen atoms in total. The molecule has 0 aliphatic carbocycles. The Bertz CT molecular complexity index is 975. The number of rotatable bonds is 9. The highest BCUT2D eigenvalue weighted by atomic mass is 16.2. The third-order valence-corrected chi connectivity index (χ3v) is 7.30. The minimum absolute atomic E-state index is 0.0147. The number of hydrogen-bond acceptors (Lipinski definition) is 4. The highest BCUT2D eigenvalue weighted by Crippen LogP contribution is 2.28. The van der Waals surface area contributed by atoms with Crippen LogP contribution in [0.25, 0.3) is 0 Å². The average molecular weight is 492 g/mol. The van der Waals surface area contributed by atoms with Gasteiger partial charge in [0.05, 0.1) is 0 Å². The monoisotopic (exact) mass is 491 g/mol. The molecule has 2 aliphatic heterocycles. The molecule has 7 heteroatoms. The maximum absolute atomic E-state index is 12.8. The van der Waals surface area contributed by atoms with E-state index in [0.717, 1.165) is 69.8 Å². The zero-order chi connectivity index (χ0) is 25.2. The molecule has 2 aliphatic rings. The molecule has 2 N–H and O–H groups in total. The summed E-state index contributed by atoms with van der Waals surface area (Å²) in [6.45, 7) is 11.1. The number of para-hydroxylation sites is 1. The van der Waals surface area contributed by atoms with Crippen LogP contribution in [0.2, 0.25) is 0 Å². The predicted octanol–water partition coefficient (Wildman–Crippen LogP) is 4.25. The molecular weight excluding hydrogens is 450 g/mol. The van der Waals surface area contributed by atoms with Gasteiger partial charge < -0.3 is 25.3 Å². The van der Waals surface area contributed by atoms with Gasteiger partial charge in [0.2, 0.25) is 0 Å². The number of nitrogens with zero attached hydrogens (tertiary/aromatic N) is 3. The van der Waals surface area contributed by atoms with Crippen molar-refractivity contribution in [1.82, 2.24) is 20.0 Å².